The molecular weight excluding hydrogens is 236 g/mol. The molecule has 0 radical (unpaired) electrons. The highest BCUT2D eigenvalue weighted by Gasteiger charge is 2.27. The van der Waals surface area contributed by atoms with Crippen LogP contribution in [-0.4, -0.2) is 48.4 Å². The van der Waals surface area contributed by atoms with Crippen LogP contribution in [0.5, 0.6) is 0 Å². The van der Waals surface area contributed by atoms with Gasteiger partial charge in [0.15, 0.2) is 0 Å². The molecule has 1 heterocycles. The van der Waals surface area contributed by atoms with E-state index in [0.29, 0.717) is 17.9 Å². The lowest BCUT2D eigenvalue weighted by atomic mass is 9.77. The molecule has 19 heavy (non-hydrogen) atoms. The maximum atomic E-state index is 12.1. The van der Waals surface area contributed by atoms with E-state index >= 15 is 0 Å². The van der Waals surface area contributed by atoms with Crippen molar-refractivity contribution in [2.75, 3.05) is 32.7 Å². The van der Waals surface area contributed by atoms with Gasteiger partial charge >= 0.3 is 0 Å². The van der Waals surface area contributed by atoms with Crippen LogP contribution in [-0.2, 0) is 4.79 Å². The van der Waals surface area contributed by atoms with Crippen LogP contribution >= 0.6 is 0 Å². The number of carbonyl (C=O) groups is 1. The van der Waals surface area contributed by atoms with Crippen molar-refractivity contribution in [3.05, 3.63) is 0 Å². The molecule has 3 nitrogen and oxygen atoms in total. The third kappa shape index (κ3) is 5.13. The quantitative estimate of drug-likeness (QED) is 0.782. The first-order valence-corrected chi connectivity index (χ1v) is 7.88. The number of hydrogen-bond acceptors (Lipinski definition) is 2. The van der Waals surface area contributed by atoms with Gasteiger partial charge in [0, 0.05) is 13.1 Å². The summed E-state index contributed by atoms with van der Waals surface area (Å²) in [4.78, 5) is 16.4. The van der Waals surface area contributed by atoms with E-state index < -0.39 is 0 Å². The zero-order valence-corrected chi connectivity index (χ0v) is 13.5. The highest BCUT2D eigenvalue weighted by molar-refractivity contribution is 5.78. The van der Waals surface area contributed by atoms with Crippen LogP contribution in [0.1, 0.15) is 53.9 Å². The Labute approximate surface area is 119 Å². The van der Waals surface area contributed by atoms with Crippen molar-refractivity contribution >= 4 is 5.91 Å². The molecular formula is C16H32N2O. The first-order valence-electron chi connectivity index (χ1n) is 7.88. The van der Waals surface area contributed by atoms with E-state index in [2.05, 4.69) is 39.5 Å². The van der Waals surface area contributed by atoms with Crippen LogP contribution < -0.4 is 0 Å². The number of carbonyl (C=O) groups excluding carboxylic acids is 1. The lowest BCUT2D eigenvalue weighted by Crippen LogP contribution is -2.40. The number of likely N-dealkylation sites (tertiary alicyclic amines) is 1. The van der Waals surface area contributed by atoms with Crippen molar-refractivity contribution < 1.29 is 4.79 Å². The molecule has 1 aliphatic heterocycles. The van der Waals surface area contributed by atoms with E-state index in [1.807, 2.05) is 4.90 Å². The molecule has 0 aromatic heterocycles. The van der Waals surface area contributed by atoms with Crippen molar-refractivity contribution in [1.29, 1.82) is 0 Å². The van der Waals surface area contributed by atoms with Gasteiger partial charge in [-0.1, -0.05) is 20.8 Å². The molecule has 112 valence electrons. The van der Waals surface area contributed by atoms with Crippen LogP contribution in [0.2, 0.25) is 0 Å². The van der Waals surface area contributed by atoms with Gasteiger partial charge in [-0.3, -0.25) is 9.69 Å². The minimum Gasteiger partial charge on any atom is -0.342 e. The van der Waals surface area contributed by atoms with Crippen molar-refractivity contribution in [3.8, 4) is 0 Å². The molecule has 1 atom stereocenters. The minimum atomic E-state index is 0.291. The normalized spacial score (nSPS) is 22.1. The van der Waals surface area contributed by atoms with Crippen LogP contribution in [0.25, 0.3) is 0 Å². The highest BCUT2D eigenvalue weighted by atomic mass is 16.2. The van der Waals surface area contributed by atoms with Gasteiger partial charge in [0.25, 0.3) is 0 Å². The zero-order chi connectivity index (χ0) is 14.5. The Balaban J connectivity index is 2.47. The third-order valence-electron chi connectivity index (χ3n) is 4.52. The van der Waals surface area contributed by atoms with E-state index in [1.54, 1.807) is 0 Å². The second kappa shape index (κ2) is 7.28. The first kappa shape index (κ1) is 16.5. The third-order valence-corrected chi connectivity index (χ3v) is 4.52. The van der Waals surface area contributed by atoms with Gasteiger partial charge in [0.1, 0.15) is 0 Å². The van der Waals surface area contributed by atoms with Crippen LogP contribution in [0.3, 0.4) is 0 Å². The Hall–Kier alpha value is -0.570. The number of amides is 1. The molecule has 1 aliphatic rings. The maximum Gasteiger partial charge on any atom is 0.236 e. The molecule has 0 aromatic carbocycles. The number of hydrogen-bond donors (Lipinski definition) is 0. The topological polar surface area (TPSA) is 23.6 Å². The first-order chi connectivity index (χ1) is 8.88. The fourth-order valence-corrected chi connectivity index (χ4v) is 3.05. The molecule has 1 fully saturated rings. The Morgan fingerprint density at radius 1 is 1.16 bits per heavy atom. The smallest absolute Gasteiger partial charge is 0.236 e. The molecule has 0 spiro atoms. The Bertz CT molecular complexity index is 279. The van der Waals surface area contributed by atoms with Crippen molar-refractivity contribution in [2.24, 2.45) is 11.3 Å². The van der Waals surface area contributed by atoms with Crippen molar-refractivity contribution in [2.45, 2.75) is 53.9 Å². The molecule has 1 saturated heterocycles. The Kier molecular flexibility index (Phi) is 6.31. The summed E-state index contributed by atoms with van der Waals surface area (Å²) >= 11 is 0. The maximum absolute atomic E-state index is 12.1. The van der Waals surface area contributed by atoms with Crippen LogP contribution in [0.15, 0.2) is 0 Å². The van der Waals surface area contributed by atoms with Crippen molar-refractivity contribution in [1.82, 2.24) is 9.80 Å². The van der Waals surface area contributed by atoms with E-state index in [9.17, 15) is 4.79 Å². The predicted octanol–water partition coefficient (Wildman–Crippen LogP) is 3.00. The molecule has 1 rings (SSSR count). The van der Waals surface area contributed by atoms with Crippen LogP contribution in [0, 0.1) is 11.3 Å². The van der Waals surface area contributed by atoms with E-state index in [-0.39, 0.29) is 0 Å². The lowest BCUT2D eigenvalue weighted by Gasteiger charge is -2.30. The SMILES string of the molecule is CCN(CC)C(=O)CN1CCCC(C(C)(C)C)CC1. The van der Waals surface area contributed by atoms with E-state index in [1.165, 1.54) is 19.3 Å². The van der Waals surface area contributed by atoms with E-state index in [0.717, 1.165) is 32.1 Å². The van der Waals surface area contributed by atoms with Gasteiger partial charge in [-0.25, -0.2) is 0 Å². The zero-order valence-electron chi connectivity index (χ0n) is 13.5. The monoisotopic (exact) mass is 268 g/mol. The molecule has 3 heteroatoms. The fourth-order valence-electron chi connectivity index (χ4n) is 3.05. The lowest BCUT2D eigenvalue weighted by molar-refractivity contribution is -0.132. The summed E-state index contributed by atoms with van der Waals surface area (Å²) in [5.74, 6) is 1.08. The predicted molar refractivity (Wildman–Crippen MR) is 81.2 cm³/mol. The highest BCUT2D eigenvalue weighted by Crippen LogP contribution is 2.34. The molecule has 0 saturated carbocycles. The summed E-state index contributed by atoms with van der Waals surface area (Å²) in [5, 5.41) is 0. The molecule has 1 amide bonds. The molecule has 0 aromatic rings. The Morgan fingerprint density at radius 2 is 1.79 bits per heavy atom. The van der Waals surface area contributed by atoms with Gasteiger partial charge in [0.05, 0.1) is 6.54 Å². The van der Waals surface area contributed by atoms with Gasteiger partial charge in [-0.05, 0) is 57.5 Å². The standard InChI is InChI=1S/C16H32N2O/c1-6-18(7-2)15(19)13-17-11-8-9-14(10-12-17)16(3,4)5/h14H,6-13H2,1-5H3. The summed E-state index contributed by atoms with van der Waals surface area (Å²) in [5.41, 5.74) is 0.402. The molecule has 0 N–H and O–H groups in total. The fraction of sp³-hybridized carbons (Fsp3) is 0.938. The van der Waals surface area contributed by atoms with E-state index in [4.69, 9.17) is 0 Å². The number of rotatable bonds is 4. The average molecular weight is 268 g/mol. The summed E-state index contributed by atoms with van der Waals surface area (Å²) in [6.07, 6.45) is 3.77. The van der Waals surface area contributed by atoms with Crippen molar-refractivity contribution in [3.63, 3.8) is 0 Å². The van der Waals surface area contributed by atoms with Gasteiger partial charge in [0.2, 0.25) is 5.91 Å². The summed E-state index contributed by atoms with van der Waals surface area (Å²) in [7, 11) is 0. The number of likely N-dealkylation sites (N-methyl/N-ethyl adjacent to an activating group) is 1. The molecule has 1 unspecified atom stereocenters. The summed E-state index contributed by atoms with van der Waals surface area (Å²) < 4.78 is 0. The second-order valence-corrected chi connectivity index (χ2v) is 6.84. The molecule has 0 bridgehead atoms. The van der Waals surface area contributed by atoms with Gasteiger partial charge < -0.3 is 4.90 Å². The van der Waals surface area contributed by atoms with Crippen LogP contribution in [0.4, 0.5) is 0 Å². The summed E-state index contributed by atoms with van der Waals surface area (Å²) in [6, 6.07) is 0. The van der Waals surface area contributed by atoms with Gasteiger partial charge in [-0.15, -0.1) is 0 Å². The van der Waals surface area contributed by atoms with Gasteiger partial charge in [-0.2, -0.15) is 0 Å². The average Bonchev–Trinajstić information content (AvgIpc) is 2.55. The summed E-state index contributed by atoms with van der Waals surface area (Å²) in [6.45, 7) is 15.6. The minimum absolute atomic E-state index is 0.291. The Morgan fingerprint density at radius 3 is 2.32 bits per heavy atom. The number of nitrogens with zero attached hydrogens (tertiary/aromatic N) is 2. The molecule has 0 aliphatic carbocycles. The largest absolute Gasteiger partial charge is 0.342 e. The second-order valence-electron chi connectivity index (χ2n) is 6.84.